The Morgan fingerprint density at radius 1 is 1.12 bits per heavy atom. The molecule has 0 fully saturated rings. The van der Waals surface area contributed by atoms with Gasteiger partial charge in [0.1, 0.15) is 6.33 Å². The smallest absolute Gasteiger partial charge is 0.353 e. The molecule has 2 heterocycles. The molecule has 0 saturated carbocycles. The van der Waals surface area contributed by atoms with Crippen molar-refractivity contribution in [2.75, 3.05) is 10.6 Å². The van der Waals surface area contributed by atoms with Crippen LogP contribution in [-0.2, 0) is 6.54 Å². The summed E-state index contributed by atoms with van der Waals surface area (Å²) in [6.45, 7) is 4.30. The van der Waals surface area contributed by atoms with E-state index in [0.717, 1.165) is 22.4 Å². The summed E-state index contributed by atoms with van der Waals surface area (Å²) < 4.78 is 0. The van der Waals surface area contributed by atoms with Gasteiger partial charge in [-0.15, -0.1) is 0 Å². The summed E-state index contributed by atoms with van der Waals surface area (Å²) in [4.78, 5) is 23.3. The van der Waals surface area contributed by atoms with Gasteiger partial charge < -0.3 is 10.6 Å². The van der Waals surface area contributed by atoms with E-state index in [2.05, 4.69) is 25.6 Å². The van der Waals surface area contributed by atoms with Crippen LogP contribution in [-0.4, -0.2) is 19.9 Å². The molecule has 3 aromatic rings. The number of aryl methyl sites for hydroxylation is 1. The maximum absolute atomic E-state index is 11.6. The van der Waals surface area contributed by atoms with E-state index < -0.39 is 4.92 Å². The van der Waals surface area contributed by atoms with E-state index in [0.29, 0.717) is 6.54 Å². The molecule has 8 heteroatoms. The Kier molecular flexibility index (Phi) is 5.02. The zero-order valence-corrected chi connectivity index (χ0v) is 14.4. The standard InChI is InChI=1S/C18H18N6O2/c1-12-5-3-7-15(13(12)2)23-18-16(24(25)26)17(21-11-22-18)20-10-14-6-4-8-19-9-14/h3-9,11H,10H2,1-2H3,(H2,20,21,22,23). The highest BCUT2D eigenvalue weighted by molar-refractivity contribution is 5.75. The Balaban J connectivity index is 1.91. The molecule has 0 unspecified atom stereocenters. The first-order valence-corrected chi connectivity index (χ1v) is 8.01. The molecule has 2 aromatic heterocycles. The normalized spacial score (nSPS) is 10.4. The largest absolute Gasteiger partial charge is 0.360 e. The van der Waals surface area contributed by atoms with E-state index in [1.54, 1.807) is 18.5 Å². The Labute approximate surface area is 150 Å². The first-order chi connectivity index (χ1) is 12.6. The third kappa shape index (κ3) is 3.75. The Hall–Kier alpha value is -3.55. The number of pyridine rings is 1. The second-order valence-corrected chi connectivity index (χ2v) is 5.76. The fourth-order valence-corrected chi connectivity index (χ4v) is 2.48. The van der Waals surface area contributed by atoms with Crippen molar-refractivity contribution in [3.8, 4) is 0 Å². The molecule has 0 spiro atoms. The lowest BCUT2D eigenvalue weighted by molar-refractivity contribution is -0.383. The molecule has 132 valence electrons. The van der Waals surface area contributed by atoms with Gasteiger partial charge in [0.2, 0.25) is 11.6 Å². The Morgan fingerprint density at radius 3 is 2.65 bits per heavy atom. The lowest BCUT2D eigenvalue weighted by Gasteiger charge is -2.12. The third-order valence-corrected chi connectivity index (χ3v) is 4.05. The quantitative estimate of drug-likeness (QED) is 0.515. The highest BCUT2D eigenvalue weighted by Crippen LogP contribution is 2.32. The van der Waals surface area contributed by atoms with Gasteiger partial charge in [-0.2, -0.15) is 0 Å². The van der Waals surface area contributed by atoms with Gasteiger partial charge in [0, 0.05) is 24.6 Å². The van der Waals surface area contributed by atoms with Gasteiger partial charge in [0.15, 0.2) is 0 Å². The molecule has 3 rings (SSSR count). The van der Waals surface area contributed by atoms with Crippen molar-refractivity contribution < 1.29 is 4.92 Å². The van der Waals surface area contributed by atoms with Gasteiger partial charge in [-0.05, 0) is 42.7 Å². The van der Waals surface area contributed by atoms with Crippen LogP contribution in [0.15, 0.2) is 49.1 Å². The van der Waals surface area contributed by atoms with Gasteiger partial charge in [-0.1, -0.05) is 18.2 Å². The van der Waals surface area contributed by atoms with Crippen LogP contribution in [0.1, 0.15) is 16.7 Å². The molecule has 0 amide bonds. The summed E-state index contributed by atoms with van der Waals surface area (Å²) in [5.74, 6) is 0.300. The number of hydrogen-bond acceptors (Lipinski definition) is 7. The van der Waals surface area contributed by atoms with E-state index in [1.165, 1.54) is 6.33 Å². The molecule has 0 atom stereocenters. The second kappa shape index (κ2) is 7.56. The molecule has 0 saturated heterocycles. The molecule has 0 aliphatic carbocycles. The van der Waals surface area contributed by atoms with Gasteiger partial charge in [-0.25, -0.2) is 9.97 Å². The van der Waals surface area contributed by atoms with Crippen LogP contribution in [0, 0.1) is 24.0 Å². The Bertz CT molecular complexity index is 930. The molecule has 26 heavy (non-hydrogen) atoms. The van der Waals surface area contributed by atoms with Gasteiger partial charge >= 0.3 is 5.69 Å². The molecular formula is C18H18N6O2. The maximum Gasteiger partial charge on any atom is 0.353 e. The average molecular weight is 350 g/mol. The van der Waals surface area contributed by atoms with Crippen molar-refractivity contribution in [1.29, 1.82) is 0 Å². The molecule has 0 aliphatic heterocycles. The summed E-state index contributed by atoms with van der Waals surface area (Å²) in [5.41, 5.74) is 3.55. The molecule has 1 aromatic carbocycles. The van der Waals surface area contributed by atoms with Crippen molar-refractivity contribution >= 4 is 23.0 Å². The highest BCUT2D eigenvalue weighted by Gasteiger charge is 2.23. The number of nitrogens with zero attached hydrogens (tertiary/aromatic N) is 4. The minimum Gasteiger partial charge on any atom is -0.360 e. The van der Waals surface area contributed by atoms with Crippen molar-refractivity contribution in [2.45, 2.75) is 20.4 Å². The molecular weight excluding hydrogens is 332 g/mol. The van der Waals surface area contributed by atoms with Crippen LogP contribution in [0.3, 0.4) is 0 Å². The minimum atomic E-state index is -0.487. The number of rotatable bonds is 6. The van der Waals surface area contributed by atoms with E-state index in [-0.39, 0.29) is 17.3 Å². The number of nitrogens with one attached hydrogen (secondary N) is 2. The van der Waals surface area contributed by atoms with Crippen molar-refractivity contribution in [1.82, 2.24) is 15.0 Å². The van der Waals surface area contributed by atoms with Gasteiger partial charge in [-0.3, -0.25) is 15.1 Å². The van der Waals surface area contributed by atoms with Crippen molar-refractivity contribution in [2.24, 2.45) is 0 Å². The lowest BCUT2D eigenvalue weighted by Crippen LogP contribution is -2.08. The van der Waals surface area contributed by atoms with Crippen molar-refractivity contribution in [3.05, 3.63) is 75.9 Å². The molecule has 8 nitrogen and oxygen atoms in total. The first kappa shape index (κ1) is 17.3. The number of benzene rings is 1. The van der Waals surface area contributed by atoms with Crippen LogP contribution in [0.4, 0.5) is 23.0 Å². The minimum absolute atomic E-state index is 0.146. The molecule has 2 N–H and O–H groups in total. The zero-order valence-electron chi connectivity index (χ0n) is 14.4. The predicted molar refractivity (Wildman–Crippen MR) is 99.4 cm³/mol. The van der Waals surface area contributed by atoms with Crippen LogP contribution >= 0.6 is 0 Å². The fraction of sp³-hybridized carbons (Fsp3) is 0.167. The van der Waals surface area contributed by atoms with Crippen LogP contribution in [0.5, 0.6) is 0 Å². The lowest BCUT2D eigenvalue weighted by atomic mass is 10.1. The number of anilines is 3. The van der Waals surface area contributed by atoms with Gasteiger partial charge in [0.25, 0.3) is 0 Å². The number of nitro groups is 1. The van der Waals surface area contributed by atoms with Gasteiger partial charge in [0.05, 0.1) is 4.92 Å². The van der Waals surface area contributed by atoms with Crippen LogP contribution in [0.25, 0.3) is 0 Å². The van der Waals surface area contributed by atoms with Crippen LogP contribution in [0.2, 0.25) is 0 Å². The molecule has 0 aliphatic rings. The summed E-state index contributed by atoms with van der Waals surface area (Å²) in [7, 11) is 0. The van der Waals surface area contributed by atoms with Crippen LogP contribution < -0.4 is 10.6 Å². The maximum atomic E-state index is 11.6. The van der Waals surface area contributed by atoms with E-state index in [1.807, 2.05) is 38.1 Å². The Morgan fingerprint density at radius 2 is 1.92 bits per heavy atom. The summed E-state index contributed by atoms with van der Waals surface area (Å²) >= 11 is 0. The van der Waals surface area contributed by atoms with E-state index >= 15 is 0 Å². The molecule has 0 radical (unpaired) electrons. The second-order valence-electron chi connectivity index (χ2n) is 5.76. The van der Waals surface area contributed by atoms with E-state index in [4.69, 9.17) is 0 Å². The summed E-state index contributed by atoms with van der Waals surface area (Å²) in [5, 5.41) is 17.7. The fourth-order valence-electron chi connectivity index (χ4n) is 2.48. The summed E-state index contributed by atoms with van der Waals surface area (Å²) in [6, 6.07) is 9.41. The van der Waals surface area contributed by atoms with Crippen molar-refractivity contribution in [3.63, 3.8) is 0 Å². The number of hydrogen-bond donors (Lipinski definition) is 2. The predicted octanol–water partition coefficient (Wildman–Crippen LogP) is 3.75. The molecule has 0 bridgehead atoms. The number of aromatic nitrogens is 3. The third-order valence-electron chi connectivity index (χ3n) is 4.05. The summed E-state index contributed by atoms with van der Waals surface area (Å²) in [6.07, 6.45) is 4.66. The first-order valence-electron chi connectivity index (χ1n) is 8.01. The highest BCUT2D eigenvalue weighted by atomic mass is 16.6. The topological polar surface area (TPSA) is 106 Å². The van der Waals surface area contributed by atoms with E-state index in [9.17, 15) is 10.1 Å². The average Bonchev–Trinajstić information content (AvgIpc) is 2.64. The SMILES string of the molecule is Cc1cccc(Nc2ncnc(NCc3cccnc3)c2[N+](=O)[O-])c1C. The zero-order chi connectivity index (χ0) is 18.5. The monoisotopic (exact) mass is 350 g/mol.